The summed E-state index contributed by atoms with van der Waals surface area (Å²) in [5.74, 6) is -4.68. The van der Waals surface area contributed by atoms with Crippen LogP contribution in [0.15, 0.2) is 12.1 Å². The van der Waals surface area contributed by atoms with Crippen molar-refractivity contribution >= 4 is 17.6 Å². The fraction of sp³-hybridized carbons (Fsp3) is 0.385. The van der Waals surface area contributed by atoms with Crippen molar-refractivity contribution in [2.75, 3.05) is 11.9 Å². The molecule has 1 amide bonds. The number of carbonyl (C=O) groups is 2. The van der Waals surface area contributed by atoms with Crippen LogP contribution in [0.5, 0.6) is 0 Å². The van der Waals surface area contributed by atoms with E-state index in [1.165, 1.54) is 0 Å². The summed E-state index contributed by atoms with van der Waals surface area (Å²) in [6, 6.07) is 1.13. The van der Waals surface area contributed by atoms with Crippen LogP contribution >= 0.6 is 0 Å². The molecule has 0 aliphatic rings. The van der Waals surface area contributed by atoms with Crippen molar-refractivity contribution in [1.82, 2.24) is 0 Å². The molecule has 20 heavy (non-hydrogen) atoms. The standard InChI is InChI=1S/C13H15F2NO4/c1-13(2,3)20-6-11(17)16-10-5-9(15)8(14)4-7(10)12(18)19/h4-5H,6H2,1-3H3,(H,16,17)(H,18,19). The maximum atomic E-state index is 13.1. The van der Waals surface area contributed by atoms with E-state index < -0.39 is 34.7 Å². The highest BCUT2D eigenvalue weighted by molar-refractivity contribution is 6.00. The summed E-state index contributed by atoms with van der Waals surface area (Å²) in [6.07, 6.45) is 0. The quantitative estimate of drug-likeness (QED) is 0.891. The number of hydrogen-bond donors (Lipinski definition) is 2. The average Bonchev–Trinajstić information content (AvgIpc) is 2.29. The molecule has 0 spiro atoms. The Morgan fingerprint density at radius 1 is 1.25 bits per heavy atom. The summed E-state index contributed by atoms with van der Waals surface area (Å²) in [4.78, 5) is 22.5. The molecule has 5 nitrogen and oxygen atoms in total. The summed E-state index contributed by atoms with van der Waals surface area (Å²) in [6.45, 7) is 4.88. The predicted molar refractivity (Wildman–Crippen MR) is 67.7 cm³/mol. The summed E-state index contributed by atoms with van der Waals surface area (Å²) in [5, 5.41) is 11.1. The van der Waals surface area contributed by atoms with Gasteiger partial charge in [0.1, 0.15) is 6.61 Å². The Kier molecular flexibility index (Phi) is 4.78. The third kappa shape index (κ3) is 4.58. The molecule has 0 saturated carbocycles. The van der Waals surface area contributed by atoms with E-state index >= 15 is 0 Å². The molecule has 0 saturated heterocycles. The van der Waals surface area contributed by atoms with Crippen molar-refractivity contribution in [3.05, 3.63) is 29.3 Å². The highest BCUT2D eigenvalue weighted by Crippen LogP contribution is 2.20. The van der Waals surface area contributed by atoms with Crippen LogP contribution in [-0.2, 0) is 9.53 Å². The Morgan fingerprint density at radius 2 is 1.80 bits per heavy atom. The molecule has 0 aliphatic heterocycles. The van der Waals surface area contributed by atoms with Crippen LogP contribution in [0.4, 0.5) is 14.5 Å². The molecule has 1 rings (SSSR count). The summed E-state index contributed by atoms with van der Waals surface area (Å²) < 4.78 is 31.3. The number of carboxylic acids is 1. The zero-order valence-electron chi connectivity index (χ0n) is 11.3. The normalized spacial score (nSPS) is 11.2. The van der Waals surface area contributed by atoms with Gasteiger partial charge in [-0.05, 0) is 26.8 Å². The largest absolute Gasteiger partial charge is 0.478 e. The molecule has 0 heterocycles. The highest BCUT2D eigenvalue weighted by Gasteiger charge is 2.18. The Balaban J connectivity index is 2.89. The molecule has 0 bridgehead atoms. The Morgan fingerprint density at radius 3 is 2.30 bits per heavy atom. The van der Waals surface area contributed by atoms with E-state index in [1.807, 2.05) is 0 Å². The molecule has 0 unspecified atom stereocenters. The van der Waals surface area contributed by atoms with Crippen LogP contribution in [0.1, 0.15) is 31.1 Å². The first-order chi connectivity index (χ1) is 9.10. The molecule has 2 N–H and O–H groups in total. The number of rotatable bonds is 4. The number of nitrogens with one attached hydrogen (secondary N) is 1. The van der Waals surface area contributed by atoms with Gasteiger partial charge in [0.15, 0.2) is 11.6 Å². The number of ether oxygens (including phenoxy) is 1. The molecule has 0 aliphatic carbocycles. The Labute approximate surface area is 114 Å². The van der Waals surface area contributed by atoms with Crippen molar-refractivity contribution in [1.29, 1.82) is 0 Å². The van der Waals surface area contributed by atoms with E-state index in [2.05, 4.69) is 5.32 Å². The van der Waals surface area contributed by atoms with Crippen LogP contribution in [0.3, 0.4) is 0 Å². The first kappa shape index (κ1) is 16.0. The van der Waals surface area contributed by atoms with E-state index in [4.69, 9.17) is 9.84 Å². The smallest absolute Gasteiger partial charge is 0.337 e. The van der Waals surface area contributed by atoms with Gasteiger partial charge in [-0.3, -0.25) is 4.79 Å². The van der Waals surface area contributed by atoms with Gasteiger partial charge in [-0.15, -0.1) is 0 Å². The molecule has 0 radical (unpaired) electrons. The summed E-state index contributed by atoms with van der Waals surface area (Å²) >= 11 is 0. The minimum atomic E-state index is -1.48. The van der Waals surface area contributed by atoms with Gasteiger partial charge in [-0.1, -0.05) is 0 Å². The Hall–Kier alpha value is -2.02. The number of anilines is 1. The predicted octanol–water partition coefficient (Wildman–Crippen LogP) is 2.42. The fourth-order valence-electron chi connectivity index (χ4n) is 1.30. The highest BCUT2D eigenvalue weighted by atomic mass is 19.2. The van der Waals surface area contributed by atoms with E-state index in [1.54, 1.807) is 20.8 Å². The lowest BCUT2D eigenvalue weighted by Crippen LogP contribution is -2.27. The number of carbonyl (C=O) groups excluding carboxylic acids is 1. The lowest BCUT2D eigenvalue weighted by Gasteiger charge is -2.19. The van der Waals surface area contributed by atoms with E-state index in [-0.39, 0.29) is 12.3 Å². The first-order valence-corrected chi connectivity index (χ1v) is 5.76. The maximum Gasteiger partial charge on any atom is 0.337 e. The topological polar surface area (TPSA) is 75.6 Å². The number of halogens is 2. The second kappa shape index (κ2) is 5.96. The number of aromatic carboxylic acids is 1. The SMILES string of the molecule is CC(C)(C)OCC(=O)Nc1cc(F)c(F)cc1C(=O)O. The monoisotopic (exact) mass is 287 g/mol. The summed E-state index contributed by atoms with van der Waals surface area (Å²) in [7, 11) is 0. The molecule has 0 aromatic heterocycles. The average molecular weight is 287 g/mol. The molecule has 0 fully saturated rings. The zero-order chi connectivity index (χ0) is 15.5. The third-order valence-corrected chi connectivity index (χ3v) is 2.20. The van der Waals surface area contributed by atoms with E-state index in [0.717, 1.165) is 0 Å². The molecule has 110 valence electrons. The molecule has 1 aromatic carbocycles. The van der Waals surface area contributed by atoms with E-state index in [0.29, 0.717) is 12.1 Å². The number of hydrogen-bond acceptors (Lipinski definition) is 3. The van der Waals surface area contributed by atoms with Gasteiger partial charge in [-0.25, -0.2) is 13.6 Å². The van der Waals surface area contributed by atoms with Crippen LogP contribution < -0.4 is 5.32 Å². The van der Waals surface area contributed by atoms with Crippen molar-refractivity contribution < 1.29 is 28.2 Å². The first-order valence-electron chi connectivity index (χ1n) is 5.76. The van der Waals surface area contributed by atoms with Crippen molar-refractivity contribution in [3.8, 4) is 0 Å². The van der Waals surface area contributed by atoms with Crippen LogP contribution in [-0.4, -0.2) is 29.2 Å². The second-order valence-corrected chi connectivity index (χ2v) is 5.07. The summed E-state index contributed by atoms with van der Waals surface area (Å²) in [5.41, 5.74) is -1.41. The number of benzene rings is 1. The Bertz CT molecular complexity index is 538. The van der Waals surface area contributed by atoms with E-state index in [9.17, 15) is 18.4 Å². The maximum absolute atomic E-state index is 13.1. The molecular weight excluding hydrogens is 272 g/mol. The fourth-order valence-corrected chi connectivity index (χ4v) is 1.30. The minimum absolute atomic E-state index is 0.320. The lowest BCUT2D eigenvalue weighted by atomic mass is 10.1. The minimum Gasteiger partial charge on any atom is -0.478 e. The van der Waals surface area contributed by atoms with Gasteiger partial charge in [0, 0.05) is 6.07 Å². The van der Waals surface area contributed by atoms with Gasteiger partial charge in [0.2, 0.25) is 5.91 Å². The number of carboxylic acid groups (broad SMARTS) is 1. The van der Waals surface area contributed by atoms with Crippen LogP contribution in [0, 0.1) is 11.6 Å². The third-order valence-electron chi connectivity index (χ3n) is 2.20. The number of amides is 1. The van der Waals surface area contributed by atoms with Gasteiger partial charge >= 0.3 is 5.97 Å². The molecule has 1 aromatic rings. The van der Waals surface area contributed by atoms with Crippen molar-refractivity contribution in [3.63, 3.8) is 0 Å². The van der Waals surface area contributed by atoms with Gasteiger partial charge < -0.3 is 15.2 Å². The van der Waals surface area contributed by atoms with Crippen molar-refractivity contribution in [2.45, 2.75) is 26.4 Å². The zero-order valence-corrected chi connectivity index (χ0v) is 11.3. The van der Waals surface area contributed by atoms with Crippen LogP contribution in [0.2, 0.25) is 0 Å². The molecule has 7 heteroatoms. The van der Waals surface area contributed by atoms with Crippen molar-refractivity contribution in [2.24, 2.45) is 0 Å². The van der Waals surface area contributed by atoms with Gasteiger partial charge in [0.05, 0.1) is 16.9 Å². The van der Waals surface area contributed by atoms with Crippen LogP contribution in [0.25, 0.3) is 0 Å². The lowest BCUT2D eigenvalue weighted by molar-refractivity contribution is -0.125. The van der Waals surface area contributed by atoms with Gasteiger partial charge in [0.25, 0.3) is 0 Å². The molecular formula is C13H15F2NO4. The molecule has 0 atom stereocenters. The second-order valence-electron chi connectivity index (χ2n) is 5.07. The van der Waals surface area contributed by atoms with Gasteiger partial charge in [-0.2, -0.15) is 0 Å².